The van der Waals surface area contributed by atoms with Gasteiger partial charge in [-0.3, -0.25) is 0 Å². The average Bonchev–Trinajstić information content (AvgIpc) is 2.35. The van der Waals surface area contributed by atoms with Gasteiger partial charge in [-0.15, -0.1) is 0 Å². The van der Waals surface area contributed by atoms with Crippen LogP contribution < -0.4 is 16.4 Å². The summed E-state index contributed by atoms with van der Waals surface area (Å²) >= 11 is 3.34. The van der Waals surface area contributed by atoms with Gasteiger partial charge in [0, 0.05) is 25.9 Å². The Morgan fingerprint density at radius 2 is 2.00 bits per heavy atom. The van der Waals surface area contributed by atoms with Crippen LogP contribution in [-0.2, 0) is 4.74 Å². The molecule has 1 saturated heterocycles. The van der Waals surface area contributed by atoms with Crippen molar-refractivity contribution in [3.63, 3.8) is 0 Å². The van der Waals surface area contributed by atoms with E-state index in [4.69, 9.17) is 16.2 Å². The molecule has 0 saturated carbocycles. The molecule has 2 rings (SSSR count). The van der Waals surface area contributed by atoms with Gasteiger partial charge in [0.2, 0.25) is 5.95 Å². The molecule has 1 aromatic rings. The number of carbonyl (C=O) groups excluding carboxylic acids is 1. The normalized spacial score (nSPS) is 17.9. The van der Waals surface area contributed by atoms with Crippen LogP contribution >= 0.6 is 15.9 Å². The third kappa shape index (κ3) is 3.12. The molecule has 1 aliphatic heterocycles. The Labute approximate surface area is 125 Å². The van der Waals surface area contributed by atoms with E-state index in [9.17, 15) is 4.79 Å². The van der Waals surface area contributed by atoms with E-state index in [0.29, 0.717) is 37.7 Å². The number of nitrogens with two attached hydrogens (primary N) is 2. The van der Waals surface area contributed by atoms with Crippen molar-refractivity contribution >= 4 is 33.8 Å². The summed E-state index contributed by atoms with van der Waals surface area (Å²) in [6, 6.07) is 0. The summed E-state index contributed by atoms with van der Waals surface area (Å²) in [4.78, 5) is 21.6. The fourth-order valence-electron chi connectivity index (χ4n) is 2.23. The number of hydrogen-bond acceptors (Lipinski definition) is 6. The summed E-state index contributed by atoms with van der Waals surface area (Å²) in [7, 11) is 0. The van der Waals surface area contributed by atoms with Crippen molar-refractivity contribution in [2.24, 2.45) is 5.73 Å². The third-order valence-corrected chi connectivity index (χ3v) is 4.46. The molecule has 7 nitrogen and oxygen atoms in total. The van der Waals surface area contributed by atoms with Crippen LogP contribution in [0.1, 0.15) is 25.5 Å². The topological polar surface area (TPSA) is 107 Å². The summed E-state index contributed by atoms with van der Waals surface area (Å²) < 4.78 is 5.89. The number of ether oxygens (including phenoxy) is 1. The molecule has 8 heteroatoms. The van der Waals surface area contributed by atoms with E-state index in [1.54, 1.807) is 0 Å². The largest absolute Gasteiger partial charge is 0.443 e. The number of aromatic nitrogens is 2. The minimum atomic E-state index is -0.735. The monoisotopic (exact) mass is 343 g/mol. The third-order valence-electron chi connectivity index (χ3n) is 3.48. The molecule has 2 heterocycles. The van der Waals surface area contributed by atoms with Gasteiger partial charge in [-0.2, -0.15) is 4.98 Å². The zero-order chi connectivity index (χ0) is 14.9. The first kappa shape index (κ1) is 14.8. The van der Waals surface area contributed by atoms with Crippen LogP contribution in [0.4, 0.5) is 16.6 Å². The Morgan fingerprint density at radius 1 is 1.40 bits per heavy atom. The number of piperidine rings is 1. The first-order chi connectivity index (χ1) is 9.31. The molecular weight excluding hydrogens is 326 g/mol. The Balaban J connectivity index is 2.09. The Bertz CT molecular complexity index is 506. The minimum absolute atomic E-state index is 0.425. The predicted octanol–water partition coefficient (Wildman–Crippen LogP) is 1.58. The Kier molecular flexibility index (Phi) is 4.03. The lowest BCUT2D eigenvalue weighted by atomic mass is 9.93. The van der Waals surface area contributed by atoms with E-state index in [2.05, 4.69) is 25.9 Å². The number of halogens is 1. The second kappa shape index (κ2) is 5.43. The molecule has 4 N–H and O–H groups in total. The number of nitrogens with zero attached hydrogens (tertiary/aromatic N) is 3. The molecule has 1 fully saturated rings. The lowest BCUT2D eigenvalue weighted by molar-refractivity contribution is 0.0125. The molecule has 0 radical (unpaired) electrons. The number of primary amides is 1. The van der Waals surface area contributed by atoms with Crippen molar-refractivity contribution in [3.8, 4) is 0 Å². The quantitative estimate of drug-likeness (QED) is 0.843. The molecule has 1 aromatic heterocycles. The van der Waals surface area contributed by atoms with Gasteiger partial charge >= 0.3 is 6.09 Å². The number of rotatable bonds is 2. The van der Waals surface area contributed by atoms with Crippen LogP contribution in [0.15, 0.2) is 4.47 Å². The average molecular weight is 344 g/mol. The predicted molar refractivity (Wildman–Crippen MR) is 79.4 cm³/mol. The maximum Gasteiger partial charge on any atom is 0.405 e. The molecule has 1 aliphatic rings. The summed E-state index contributed by atoms with van der Waals surface area (Å²) in [6.07, 6.45) is 0.615. The van der Waals surface area contributed by atoms with Crippen molar-refractivity contribution in [1.29, 1.82) is 0 Å². The van der Waals surface area contributed by atoms with Gasteiger partial charge in [-0.05, 0) is 29.8 Å². The number of anilines is 2. The number of carbonyl (C=O) groups is 1. The standard InChI is InChI=1S/C12H18BrN5O2/c1-7-8(13)9(14)17-11(16-7)18-5-3-12(2,4-6-18)20-10(15)19/h3-6H2,1-2H3,(H2,15,19)(H2,14,16,17). The minimum Gasteiger partial charge on any atom is -0.443 e. The maximum atomic E-state index is 10.9. The van der Waals surface area contributed by atoms with E-state index >= 15 is 0 Å². The van der Waals surface area contributed by atoms with Gasteiger partial charge < -0.3 is 21.1 Å². The van der Waals surface area contributed by atoms with Gasteiger partial charge in [0.25, 0.3) is 0 Å². The fourth-order valence-corrected chi connectivity index (χ4v) is 2.41. The van der Waals surface area contributed by atoms with Gasteiger partial charge in [-0.25, -0.2) is 9.78 Å². The zero-order valence-electron chi connectivity index (χ0n) is 11.5. The summed E-state index contributed by atoms with van der Waals surface area (Å²) in [5, 5.41) is 0. The molecule has 20 heavy (non-hydrogen) atoms. The van der Waals surface area contributed by atoms with Crippen LogP contribution in [-0.4, -0.2) is 34.8 Å². The van der Waals surface area contributed by atoms with Crippen molar-refractivity contribution in [2.45, 2.75) is 32.3 Å². The van der Waals surface area contributed by atoms with Gasteiger partial charge in [0.1, 0.15) is 11.4 Å². The first-order valence-electron chi connectivity index (χ1n) is 6.34. The van der Waals surface area contributed by atoms with Crippen molar-refractivity contribution in [3.05, 3.63) is 10.2 Å². The maximum absolute atomic E-state index is 10.9. The zero-order valence-corrected chi connectivity index (χ0v) is 13.1. The number of hydrogen-bond donors (Lipinski definition) is 2. The molecule has 0 atom stereocenters. The molecule has 0 aliphatic carbocycles. The highest BCUT2D eigenvalue weighted by atomic mass is 79.9. The van der Waals surface area contributed by atoms with Gasteiger partial charge in [0.05, 0.1) is 10.2 Å². The van der Waals surface area contributed by atoms with Gasteiger partial charge in [-0.1, -0.05) is 0 Å². The highest BCUT2D eigenvalue weighted by Gasteiger charge is 2.34. The number of aryl methyl sites for hydroxylation is 1. The van der Waals surface area contributed by atoms with Gasteiger partial charge in [0.15, 0.2) is 0 Å². The van der Waals surface area contributed by atoms with Crippen LogP contribution in [0, 0.1) is 6.92 Å². The van der Waals surface area contributed by atoms with Crippen molar-refractivity contribution in [1.82, 2.24) is 9.97 Å². The van der Waals surface area contributed by atoms with E-state index in [1.807, 2.05) is 18.7 Å². The smallest absolute Gasteiger partial charge is 0.405 e. The summed E-state index contributed by atoms with van der Waals surface area (Å²) in [5.74, 6) is 1.03. The van der Waals surface area contributed by atoms with Crippen molar-refractivity contribution in [2.75, 3.05) is 23.7 Å². The SMILES string of the molecule is Cc1nc(N2CCC(C)(OC(N)=O)CC2)nc(N)c1Br. The molecule has 0 unspecified atom stereocenters. The number of nitrogen functional groups attached to an aromatic ring is 1. The summed E-state index contributed by atoms with van der Waals surface area (Å²) in [5.41, 5.74) is 11.2. The Hall–Kier alpha value is -1.57. The van der Waals surface area contributed by atoms with Crippen molar-refractivity contribution < 1.29 is 9.53 Å². The van der Waals surface area contributed by atoms with E-state index in [0.717, 1.165) is 10.2 Å². The van der Waals surface area contributed by atoms with E-state index < -0.39 is 11.7 Å². The molecule has 0 bridgehead atoms. The molecular formula is C12H18BrN5O2. The first-order valence-corrected chi connectivity index (χ1v) is 7.13. The molecule has 110 valence electrons. The van der Waals surface area contributed by atoms with E-state index in [-0.39, 0.29) is 0 Å². The molecule has 1 amide bonds. The lowest BCUT2D eigenvalue weighted by Gasteiger charge is -2.38. The second-order valence-corrected chi connectivity index (χ2v) is 5.96. The van der Waals surface area contributed by atoms with Crippen LogP contribution in [0.3, 0.4) is 0 Å². The highest BCUT2D eigenvalue weighted by molar-refractivity contribution is 9.10. The van der Waals surface area contributed by atoms with Crippen LogP contribution in [0.5, 0.6) is 0 Å². The number of amides is 1. The highest BCUT2D eigenvalue weighted by Crippen LogP contribution is 2.29. The Morgan fingerprint density at radius 3 is 2.50 bits per heavy atom. The molecule has 0 aromatic carbocycles. The summed E-state index contributed by atoms with van der Waals surface area (Å²) in [6.45, 7) is 5.13. The second-order valence-electron chi connectivity index (χ2n) is 5.17. The molecule has 0 spiro atoms. The van der Waals surface area contributed by atoms with E-state index in [1.165, 1.54) is 0 Å². The lowest BCUT2D eigenvalue weighted by Crippen LogP contribution is -2.46. The fraction of sp³-hybridized carbons (Fsp3) is 0.583. The van der Waals surface area contributed by atoms with Crippen LogP contribution in [0.25, 0.3) is 0 Å². The van der Waals surface area contributed by atoms with Crippen LogP contribution in [0.2, 0.25) is 0 Å².